The molecule has 0 bridgehead atoms. The Balaban J connectivity index is 2.18. The maximum absolute atomic E-state index is 11.2. The standard InChI is InChI=1S/C15H22O3S/c1-2-3-4-5-7-12-10-14(19(16)17)11-13-8-6-9-18-15(12)13/h10-11H,2-9H2,1H3,(H,16,17)/p-1. The summed E-state index contributed by atoms with van der Waals surface area (Å²) in [7, 11) is 0. The molecule has 0 saturated heterocycles. The Labute approximate surface area is 117 Å². The molecule has 4 heteroatoms. The van der Waals surface area contributed by atoms with Crippen molar-refractivity contribution < 1.29 is 13.5 Å². The first-order chi connectivity index (χ1) is 9.22. The molecule has 1 aliphatic heterocycles. The molecule has 0 saturated carbocycles. The van der Waals surface area contributed by atoms with Crippen LogP contribution in [0.3, 0.4) is 0 Å². The van der Waals surface area contributed by atoms with Gasteiger partial charge < -0.3 is 9.29 Å². The molecule has 2 rings (SSSR count). The second-order valence-corrected chi connectivity index (χ2v) is 6.01. The Morgan fingerprint density at radius 2 is 2.16 bits per heavy atom. The lowest BCUT2D eigenvalue weighted by Gasteiger charge is -2.22. The van der Waals surface area contributed by atoms with E-state index in [0.29, 0.717) is 4.90 Å². The van der Waals surface area contributed by atoms with E-state index in [0.717, 1.165) is 49.2 Å². The van der Waals surface area contributed by atoms with Crippen LogP contribution in [-0.4, -0.2) is 15.4 Å². The van der Waals surface area contributed by atoms with Crippen molar-refractivity contribution in [1.82, 2.24) is 0 Å². The van der Waals surface area contributed by atoms with Crippen molar-refractivity contribution in [3.05, 3.63) is 23.3 Å². The van der Waals surface area contributed by atoms with Gasteiger partial charge in [0.05, 0.1) is 6.61 Å². The van der Waals surface area contributed by atoms with Crippen molar-refractivity contribution >= 4 is 11.1 Å². The normalized spacial score (nSPS) is 15.7. The largest absolute Gasteiger partial charge is 0.768 e. The van der Waals surface area contributed by atoms with Crippen LogP contribution in [-0.2, 0) is 23.9 Å². The van der Waals surface area contributed by atoms with E-state index < -0.39 is 11.1 Å². The molecule has 1 unspecified atom stereocenters. The van der Waals surface area contributed by atoms with Gasteiger partial charge >= 0.3 is 0 Å². The van der Waals surface area contributed by atoms with Gasteiger partial charge in [-0.05, 0) is 60.0 Å². The number of rotatable bonds is 6. The molecule has 0 N–H and O–H groups in total. The fourth-order valence-electron chi connectivity index (χ4n) is 2.55. The first-order valence-corrected chi connectivity index (χ1v) is 8.17. The first kappa shape index (κ1) is 14.5. The molecular formula is C15H21O3S-. The highest BCUT2D eigenvalue weighted by molar-refractivity contribution is 7.79. The van der Waals surface area contributed by atoms with Crippen molar-refractivity contribution in [2.75, 3.05) is 6.61 Å². The van der Waals surface area contributed by atoms with Gasteiger partial charge in [0, 0.05) is 4.90 Å². The highest BCUT2D eigenvalue weighted by Gasteiger charge is 2.16. The third-order valence-electron chi connectivity index (χ3n) is 3.55. The molecule has 106 valence electrons. The Bertz CT molecular complexity index is 457. The zero-order valence-corrected chi connectivity index (χ0v) is 12.3. The number of fused-ring (bicyclic) bond motifs is 1. The minimum absolute atomic E-state index is 0.398. The van der Waals surface area contributed by atoms with Gasteiger partial charge in [-0.3, -0.25) is 4.21 Å². The van der Waals surface area contributed by atoms with Gasteiger partial charge in [-0.15, -0.1) is 0 Å². The molecule has 1 aromatic rings. The highest BCUT2D eigenvalue weighted by atomic mass is 32.2. The molecule has 1 aromatic carbocycles. The summed E-state index contributed by atoms with van der Waals surface area (Å²) < 4.78 is 28.1. The summed E-state index contributed by atoms with van der Waals surface area (Å²) in [5.74, 6) is 0.942. The molecule has 0 aliphatic carbocycles. The minimum Gasteiger partial charge on any atom is -0.768 e. The van der Waals surface area contributed by atoms with Crippen molar-refractivity contribution in [1.29, 1.82) is 0 Å². The maximum Gasteiger partial charge on any atom is 0.125 e. The summed E-state index contributed by atoms with van der Waals surface area (Å²) in [5, 5.41) is 0. The van der Waals surface area contributed by atoms with Gasteiger partial charge in [0.25, 0.3) is 0 Å². The van der Waals surface area contributed by atoms with Gasteiger partial charge in [-0.2, -0.15) is 0 Å². The Hall–Kier alpha value is -0.870. The fourth-order valence-corrected chi connectivity index (χ4v) is 3.03. The van der Waals surface area contributed by atoms with Crippen LogP contribution < -0.4 is 4.74 Å². The summed E-state index contributed by atoms with van der Waals surface area (Å²) in [6.07, 6.45) is 7.52. The summed E-state index contributed by atoms with van der Waals surface area (Å²) in [6, 6.07) is 3.53. The molecule has 1 aliphatic rings. The predicted octanol–water partition coefficient (Wildman–Crippen LogP) is 3.37. The maximum atomic E-state index is 11.2. The van der Waals surface area contributed by atoms with Crippen LogP contribution in [0.1, 0.15) is 50.2 Å². The van der Waals surface area contributed by atoms with Crippen molar-refractivity contribution in [3.8, 4) is 5.75 Å². The van der Waals surface area contributed by atoms with Gasteiger partial charge in [0.2, 0.25) is 0 Å². The lowest BCUT2D eigenvalue weighted by Crippen LogP contribution is -2.11. The number of hydrogen-bond acceptors (Lipinski definition) is 3. The van der Waals surface area contributed by atoms with Gasteiger partial charge in [0.15, 0.2) is 0 Å². The van der Waals surface area contributed by atoms with Crippen LogP contribution in [0, 0.1) is 0 Å². The fraction of sp³-hybridized carbons (Fsp3) is 0.600. The van der Waals surface area contributed by atoms with E-state index in [1.807, 2.05) is 0 Å². The number of benzene rings is 1. The lowest BCUT2D eigenvalue weighted by atomic mass is 9.98. The SMILES string of the molecule is CCCCCCc1cc(S(=O)[O-])cc2c1OCCC2. The first-order valence-electron chi connectivity index (χ1n) is 7.10. The number of ether oxygens (including phenoxy) is 1. The number of unbranched alkanes of at least 4 members (excludes halogenated alkanes) is 3. The van der Waals surface area contributed by atoms with E-state index in [-0.39, 0.29) is 0 Å². The second-order valence-electron chi connectivity index (χ2n) is 5.07. The molecule has 1 atom stereocenters. The van der Waals surface area contributed by atoms with Gasteiger partial charge in [0.1, 0.15) is 5.75 Å². The van der Waals surface area contributed by atoms with Crippen molar-refractivity contribution in [3.63, 3.8) is 0 Å². The van der Waals surface area contributed by atoms with Crippen LogP contribution in [0.25, 0.3) is 0 Å². The van der Waals surface area contributed by atoms with E-state index >= 15 is 0 Å². The molecule has 0 fully saturated rings. The van der Waals surface area contributed by atoms with Crippen LogP contribution in [0.2, 0.25) is 0 Å². The van der Waals surface area contributed by atoms with Gasteiger partial charge in [-0.25, -0.2) is 0 Å². The third-order valence-corrected chi connectivity index (χ3v) is 4.17. The zero-order valence-electron chi connectivity index (χ0n) is 11.4. The molecule has 0 amide bonds. The molecule has 0 spiro atoms. The quantitative estimate of drug-likeness (QED) is 0.593. The molecular weight excluding hydrogens is 260 g/mol. The second kappa shape index (κ2) is 7.06. The van der Waals surface area contributed by atoms with E-state index in [1.165, 1.54) is 19.3 Å². The Morgan fingerprint density at radius 3 is 2.89 bits per heavy atom. The molecule has 19 heavy (non-hydrogen) atoms. The van der Waals surface area contributed by atoms with Crippen molar-refractivity contribution in [2.45, 2.75) is 56.8 Å². The average Bonchev–Trinajstić information content (AvgIpc) is 2.43. The average molecular weight is 281 g/mol. The van der Waals surface area contributed by atoms with E-state index in [4.69, 9.17) is 4.74 Å². The van der Waals surface area contributed by atoms with Crippen LogP contribution in [0.15, 0.2) is 17.0 Å². The van der Waals surface area contributed by atoms with E-state index in [1.54, 1.807) is 12.1 Å². The Morgan fingerprint density at radius 1 is 1.32 bits per heavy atom. The molecule has 3 nitrogen and oxygen atoms in total. The van der Waals surface area contributed by atoms with Crippen molar-refractivity contribution in [2.24, 2.45) is 0 Å². The van der Waals surface area contributed by atoms with E-state index in [2.05, 4.69) is 6.92 Å². The summed E-state index contributed by atoms with van der Waals surface area (Å²) in [6.45, 7) is 2.93. The molecule has 0 radical (unpaired) electrons. The third kappa shape index (κ3) is 3.80. The van der Waals surface area contributed by atoms with Gasteiger partial charge in [-0.1, -0.05) is 26.2 Å². The molecule has 0 aromatic heterocycles. The predicted molar refractivity (Wildman–Crippen MR) is 75.3 cm³/mol. The van der Waals surface area contributed by atoms with Crippen LogP contribution >= 0.6 is 0 Å². The lowest BCUT2D eigenvalue weighted by molar-refractivity contribution is 0.284. The minimum atomic E-state index is -2.15. The summed E-state index contributed by atoms with van der Waals surface area (Å²) >= 11 is -2.15. The highest BCUT2D eigenvalue weighted by Crippen LogP contribution is 2.32. The summed E-state index contributed by atoms with van der Waals surface area (Å²) in [4.78, 5) is 0.398. The number of aryl methyl sites for hydroxylation is 2. The molecule has 1 heterocycles. The van der Waals surface area contributed by atoms with Crippen LogP contribution in [0.5, 0.6) is 5.75 Å². The zero-order chi connectivity index (χ0) is 13.7. The van der Waals surface area contributed by atoms with Crippen LogP contribution in [0.4, 0.5) is 0 Å². The smallest absolute Gasteiger partial charge is 0.125 e. The monoisotopic (exact) mass is 281 g/mol. The number of hydrogen-bond donors (Lipinski definition) is 0. The topological polar surface area (TPSA) is 49.4 Å². The van der Waals surface area contributed by atoms with E-state index in [9.17, 15) is 8.76 Å². The summed E-state index contributed by atoms with van der Waals surface area (Å²) in [5.41, 5.74) is 2.12. The Kier molecular flexibility index (Phi) is 5.40.